The Labute approximate surface area is 108 Å². The fraction of sp³-hybridized carbons (Fsp3) is 0.571. The molecule has 0 aromatic carbocycles. The summed E-state index contributed by atoms with van der Waals surface area (Å²) < 4.78 is 0. The van der Waals surface area contributed by atoms with Gasteiger partial charge in [-0.3, -0.25) is 9.78 Å². The molecule has 1 fully saturated rings. The highest BCUT2D eigenvalue weighted by atomic mass is 16.2. The van der Waals surface area contributed by atoms with Crippen molar-refractivity contribution in [1.29, 1.82) is 0 Å². The summed E-state index contributed by atoms with van der Waals surface area (Å²) in [6.45, 7) is 6.82. The van der Waals surface area contributed by atoms with Gasteiger partial charge < -0.3 is 10.2 Å². The second kappa shape index (κ2) is 5.96. The maximum atomic E-state index is 12.3. The minimum atomic E-state index is 0.252. The summed E-state index contributed by atoms with van der Waals surface area (Å²) in [5.41, 5.74) is 1.18. The highest BCUT2D eigenvalue weighted by Crippen LogP contribution is 2.20. The predicted octanol–water partition coefficient (Wildman–Crippen LogP) is 1.40. The molecule has 1 saturated heterocycles. The van der Waals surface area contributed by atoms with Crippen molar-refractivity contribution in [3.05, 3.63) is 30.1 Å². The van der Waals surface area contributed by atoms with Gasteiger partial charge in [-0.2, -0.15) is 0 Å². The van der Waals surface area contributed by atoms with Crippen LogP contribution in [0.3, 0.4) is 0 Å². The number of pyridine rings is 1. The van der Waals surface area contributed by atoms with Crippen molar-refractivity contribution in [1.82, 2.24) is 15.2 Å². The van der Waals surface area contributed by atoms with Crippen molar-refractivity contribution in [3.63, 3.8) is 0 Å². The Morgan fingerprint density at radius 2 is 2.28 bits per heavy atom. The van der Waals surface area contributed by atoms with E-state index in [-0.39, 0.29) is 11.8 Å². The van der Waals surface area contributed by atoms with Crippen LogP contribution in [-0.4, -0.2) is 41.5 Å². The van der Waals surface area contributed by atoms with Crippen LogP contribution in [0.2, 0.25) is 0 Å². The summed E-state index contributed by atoms with van der Waals surface area (Å²) in [6.07, 6.45) is 4.14. The minimum absolute atomic E-state index is 0.252. The van der Waals surface area contributed by atoms with Gasteiger partial charge in [0.2, 0.25) is 5.91 Å². The number of rotatable bonds is 3. The molecular formula is C14H21N3O. The molecule has 2 rings (SSSR count). The topological polar surface area (TPSA) is 45.2 Å². The van der Waals surface area contributed by atoms with Crippen LogP contribution < -0.4 is 5.32 Å². The second-order valence-electron chi connectivity index (χ2n) is 5.03. The van der Waals surface area contributed by atoms with Crippen LogP contribution in [0.1, 0.15) is 31.7 Å². The van der Waals surface area contributed by atoms with E-state index in [4.69, 9.17) is 0 Å². The Hall–Kier alpha value is -1.42. The van der Waals surface area contributed by atoms with E-state index < -0.39 is 0 Å². The number of amides is 1. The Morgan fingerprint density at radius 3 is 2.94 bits per heavy atom. The molecule has 1 aromatic heterocycles. The molecule has 2 heterocycles. The first-order valence-corrected chi connectivity index (χ1v) is 6.58. The molecule has 1 N–H and O–H groups in total. The third-order valence-corrected chi connectivity index (χ3v) is 3.58. The standard InChI is InChI=1S/C14H21N3O/c1-11(13-3-5-15-6-4-13)9-14(18)17-8-7-16-10-12(17)2/h3-6,11-12,16H,7-10H2,1-2H3. The van der Waals surface area contributed by atoms with Crippen LogP contribution in [0.25, 0.3) is 0 Å². The van der Waals surface area contributed by atoms with Gasteiger partial charge in [0.05, 0.1) is 0 Å². The number of nitrogens with one attached hydrogen (secondary N) is 1. The molecule has 18 heavy (non-hydrogen) atoms. The van der Waals surface area contributed by atoms with E-state index in [0.717, 1.165) is 19.6 Å². The van der Waals surface area contributed by atoms with E-state index in [1.54, 1.807) is 12.4 Å². The van der Waals surface area contributed by atoms with Crippen LogP contribution >= 0.6 is 0 Å². The fourth-order valence-corrected chi connectivity index (χ4v) is 2.40. The Balaban J connectivity index is 1.94. The van der Waals surface area contributed by atoms with Crippen molar-refractivity contribution in [2.24, 2.45) is 0 Å². The zero-order valence-electron chi connectivity index (χ0n) is 11.1. The van der Waals surface area contributed by atoms with E-state index in [2.05, 4.69) is 24.1 Å². The van der Waals surface area contributed by atoms with Gasteiger partial charge in [-0.05, 0) is 30.5 Å². The number of carbonyl (C=O) groups is 1. The van der Waals surface area contributed by atoms with Gasteiger partial charge >= 0.3 is 0 Å². The number of piperazine rings is 1. The highest BCUT2D eigenvalue weighted by Gasteiger charge is 2.24. The number of hydrogen-bond donors (Lipinski definition) is 1. The van der Waals surface area contributed by atoms with E-state index in [9.17, 15) is 4.79 Å². The molecule has 0 saturated carbocycles. The SMILES string of the molecule is CC(CC(=O)N1CCNCC1C)c1ccncc1. The Bertz CT molecular complexity index is 393. The summed E-state index contributed by atoms with van der Waals surface area (Å²) in [5, 5.41) is 3.30. The lowest BCUT2D eigenvalue weighted by atomic mass is 9.98. The maximum Gasteiger partial charge on any atom is 0.223 e. The first-order chi connectivity index (χ1) is 8.68. The van der Waals surface area contributed by atoms with Gasteiger partial charge in [0.15, 0.2) is 0 Å². The molecule has 0 aliphatic carbocycles. The smallest absolute Gasteiger partial charge is 0.223 e. The molecule has 98 valence electrons. The first kappa shape index (κ1) is 13.0. The van der Waals surface area contributed by atoms with Crippen LogP contribution in [-0.2, 0) is 4.79 Å². The van der Waals surface area contributed by atoms with Gasteiger partial charge in [0.25, 0.3) is 0 Å². The van der Waals surface area contributed by atoms with Gasteiger partial charge in [-0.25, -0.2) is 0 Å². The molecule has 1 amide bonds. The first-order valence-electron chi connectivity index (χ1n) is 6.58. The Morgan fingerprint density at radius 1 is 1.56 bits per heavy atom. The number of aromatic nitrogens is 1. The van der Waals surface area contributed by atoms with Crippen LogP contribution in [0.4, 0.5) is 0 Å². The molecule has 1 aromatic rings. The maximum absolute atomic E-state index is 12.3. The quantitative estimate of drug-likeness (QED) is 0.878. The second-order valence-corrected chi connectivity index (χ2v) is 5.03. The molecular weight excluding hydrogens is 226 g/mol. The molecule has 2 unspecified atom stereocenters. The summed E-state index contributed by atoms with van der Waals surface area (Å²) in [6, 6.07) is 4.27. The van der Waals surface area contributed by atoms with Crippen molar-refractivity contribution in [2.45, 2.75) is 32.2 Å². The molecule has 1 aliphatic rings. The van der Waals surface area contributed by atoms with Crippen molar-refractivity contribution < 1.29 is 4.79 Å². The van der Waals surface area contributed by atoms with Crippen LogP contribution in [0.5, 0.6) is 0 Å². The molecule has 0 bridgehead atoms. The Kier molecular flexibility index (Phi) is 4.31. The summed E-state index contributed by atoms with van der Waals surface area (Å²) in [5.74, 6) is 0.510. The van der Waals surface area contributed by atoms with Crippen molar-refractivity contribution in [2.75, 3.05) is 19.6 Å². The minimum Gasteiger partial charge on any atom is -0.337 e. The number of hydrogen-bond acceptors (Lipinski definition) is 3. The number of nitrogens with zero attached hydrogens (tertiary/aromatic N) is 2. The van der Waals surface area contributed by atoms with E-state index in [1.807, 2.05) is 17.0 Å². The van der Waals surface area contributed by atoms with E-state index in [0.29, 0.717) is 12.5 Å². The summed E-state index contributed by atoms with van der Waals surface area (Å²) in [4.78, 5) is 18.3. The summed E-state index contributed by atoms with van der Waals surface area (Å²) >= 11 is 0. The lowest BCUT2D eigenvalue weighted by Gasteiger charge is -2.34. The van der Waals surface area contributed by atoms with Gasteiger partial charge in [0.1, 0.15) is 0 Å². The third-order valence-electron chi connectivity index (χ3n) is 3.58. The molecule has 0 spiro atoms. The van der Waals surface area contributed by atoms with E-state index >= 15 is 0 Å². The fourth-order valence-electron chi connectivity index (χ4n) is 2.40. The average molecular weight is 247 g/mol. The molecule has 0 radical (unpaired) electrons. The van der Waals surface area contributed by atoms with Gasteiger partial charge in [-0.15, -0.1) is 0 Å². The van der Waals surface area contributed by atoms with Crippen LogP contribution in [0, 0.1) is 0 Å². The lowest BCUT2D eigenvalue weighted by Crippen LogP contribution is -2.52. The molecule has 2 atom stereocenters. The molecule has 4 nitrogen and oxygen atoms in total. The largest absolute Gasteiger partial charge is 0.337 e. The van der Waals surface area contributed by atoms with Crippen molar-refractivity contribution >= 4 is 5.91 Å². The number of carbonyl (C=O) groups excluding carboxylic acids is 1. The van der Waals surface area contributed by atoms with Gasteiger partial charge in [0, 0.05) is 44.5 Å². The highest BCUT2D eigenvalue weighted by molar-refractivity contribution is 5.77. The summed E-state index contributed by atoms with van der Waals surface area (Å²) in [7, 11) is 0. The van der Waals surface area contributed by atoms with Crippen LogP contribution in [0.15, 0.2) is 24.5 Å². The van der Waals surface area contributed by atoms with Crippen molar-refractivity contribution in [3.8, 4) is 0 Å². The zero-order chi connectivity index (χ0) is 13.0. The normalized spacial score (nSPS) is 21.7. The lowest BCUT2D eigenvalue weighted by molar-refractivity contribution is -0.134. The van der Waals surface area contributed by atoms with E-state index in [1.165, 1.54) is 5.56 Å². The molecule has 4 heteroatoms. The monoisotopic (exact) mass is 247 g/mol. The average Bonchev–Trinajstić information content (AvgIpc) is 2.40. The predicted molar refractivity (Wildman–Crippen MR) is 71.3 cm³/mol. The molecule has 1 aliphatic heterocycles. The zero-order valence-corrected chi connectivity index (χ0v) is 11.1. The van der Waals surface area contributed by atoms with Gasteiger partial charge in [-0.1, -0.05) is 6.92 Å². The third kappa shape index (κ3) is 3.07.